The molecule has 1 aliphatic heterocycles. The molecule has 37 heavy (non-hydrogen) atoms. The molecule has 7 heteroatoms. The van der Waals surface area contributed by atoms with E-state index in [0.717, 1.165) is 57.7 Å². The molecule has 2 aliphatic carbocycles. The van der Waals surface area contributed by atoms with Gasteiger partial charge in [-0.1, -0.05) is 31.4 Å². The van der Waals surface area contributed by atoms with Gasteiger partial charge in [0.25, 0.3) is 0 Å². The van der Waals surface area contributed by atoms with E-state index in [1.54, 1.807) is 25.4 Å². The van der Waals surface area contributed by atoms with Crippen LogP contribution < -0.4 is 15.4 Å². The van der Waals surface area contributed by atoms with Gasteiger partial charge in [-0.25, -0.2) is 14.4 Å². The number of hydrogen-bond donors (Lipinski definition) is 1. The first-order valence-corrected chi connectivity index (χ1v) is 12.7. The Hall–Kier alpha value is -4.26. The Morgan fingerprint density at radius 3 is 2.54 bits per heavy atom. The van der Waals surface area contributed by atoms with Crippen LogP contribution in [-0.4, -0.2) is 27.7 Å². The van der Waals surface area contributed by atoms with E-state index in [1.807, 2.05) is 42.5 Å². The molecule has 3 aliphatic rings. The molecule has 2 aromatic carbocycles. The number of halogens is 1. The van der Waals surface area contributed by atoms with Crippen molar-refractivity contribution in [2.24, 2.45) is 4.99 Å². The topological polar surface area (TPSA) is 64.3 Å². The van der Waals surface area contributed by atoms with Gasteiger partial charge in [-0.2, -0.15) is 0 Å². The summed E-state index contributed by atoms with van der Waals surface area (Å²) >= 11 is 0. The number of para-hydroxylation sites is 2. The summed E-state index contributed by atoms with van der Waals surface area (Å²) in [5.41, 5.74) is 6.12. The first kappa shape index (κ1) is 23.2. The van der Waals surface area contributed by atoms with Gasteiger partial charge in [0.1, 0.15) is 5.82 Å². The van der Waals surface area contributed by atoms with Crippen LogP contribution in [0, 0.1) is 5.82 Å². The average Bonchev–Trinajstić information content (AvgIpc) is 2.94. The molecule has 3 aromatic rings. The third kappa shape index (κ3) is 4.77. The average molecular weight is 494 g/mol. The van der Waals surface area contributed by atoms with Crippen LogP contribution in [0.1, 0.15) is 32.1 Å². The van der Waals surface area contributed by atoms with Crippen molar-refractivity contribution >= 4 is 22.4 Å². The summed E-state index contributed by atoms with van der Waals surface area (Å²) in [6.45, 7) is 0. The lowest BCUT2D eigenvalue weighted by Gasteiger charge is -2.21. The van der Waals surface area contributed by atoms with Crippen molar-refractivity contribution in [3.05, 3.63) is 90.2 Å². The lowest BCUT2D eigenvalue weighted by Crippen LogP contribution is -2.19. The number of benzene rings is 3. The van der Waals surface area contributed by atoms with Gasteiger partial charge in [0.15, 0.2) is 0 Å². The number of fused-ring (bicyclic) bond motifs is 2. The Balaban J connectivity index is 1.58. The Kier molecular flexibility index (Phi) is 6.26. The molecule has 0 atom stereocenters. The number of hydrogen-bond acceptors (Lipinski definition) is 5. The van der Waals surface area contributed by atoms with Crippen molar-refractivity contribution in [1.82, 2.24) is 14.5 Å². The fraction of sp³-hybridized carbons (Fsp3) is 0.233. The van der Waals surface area contributed by atoms with E-state index < -0.39 is 0 Å². The van der Waals surface area contributed by atoms with Gasteiger partial charge in [0, 0.05) is 11.8 Å². The van der Waals surface area contributed by atoms with Crippen molar-refractivity contribution in [1.29, 1.82) is 0 Å². The van der Waals surface area contributed by atoms with Crippen LogP contribution in [0.3, 0.4) is 0 Å². The molecular formula is C30H28FN5O. The van der Waals surface area contributed by atoms with E-state index in [-0.39, 0.29) is 11.9 Å². The molecule has 186 valence electrons. The monoisotopic (exact) mass is 493 g/mol. The number of ether oxygens (including phenoxy) is 1. The summed E-state index contributed by atoms with van der Waals surface area (Å²) in [5, 5.41) is 4.39. The van der Waals surface area contributed by atoms with Crippen LogP contribution >= 0.6 is 0 Å². The molecule has 0 radical (unpaired) electrons. The van der Waals surface area contributed by atoms with Crippen LogP contribution in [-0.2, 0) is 0 Å². The Labute approximate surface area is 214 Å². The minimum Gasteiger partial charge on any atom is -0.481 e. The number of nitrogens with one attached hydrogen (secondary N) is 1. The minimum atomic E-state index is -0.264. The lowest BCUT2D eigenvalue weighted by molar-refractivity contribution is 0.398. The maximum Gasteiger partial charge on any atom is 0.213 e. The zero-order chi connectivity index (χ0) is 25.2. The Morgan fingerprint density at radius 2 is 1.78 bits per heavy atom. The van der Waals surface area contributed by atoms with E-state index in [1.165, 1.54) is 31.4 Å². The zero-order valence-corrected chi connectivity index (χ0v) is 20.7. The molecular weight excluding hydrogens is 465 g/mol. The lowest BCUT2D eigenvalue weighted by atomic mass is 9.96. The van der Waals surface area contributed by atoms with Gasteiger partial charge >= 0.3 is 0 Å². The Bertz CT molecular complexity index is 1570. The van der Waals surface area contributed by atoms with Gasteiger partial charge < -0.3 is 14.6 Å². The second kappa shape index (κ2) is 10.0. The second-order valence-corrected chi connectivity index (χ2v) is 9.41. The van der Waals surface area contributed by atoms with E-state index in [4.69, 9.17) is 14.7 Å². The largest absolute Gasteiger partial charge is 0.481 e. The predicted molar refractivity (Wildman–Crippen MR) is 144 cm³/mol. The molecule has 0 spiro atoms. The first-order valence-electron chi connectivity index (χ1n) is 12.7. The third-order valence-electron chi connectivity index (χ3n) is 6.90. The van der Waals surface area contributed by atoms with Gasteiger partial charge in [0.2, 0.25) is 5.88 Å². The number of anilines is 2. The standard InChI is InChI=1S/C30H28FN5O/c1-37-30-16-13-22(19-32-30)34-25-17-27-29(18-26(25)33-21-7-3-2-4-8-21)36(23-14-11-20(31)12-15-23)28-10-6-5-9-24(28)35-27/h5-6,9-19,21,34H,2-4,7-8H2,1H3/b33-26+. The fourth-order valence-electron chi connectivity index (χ4n) is 5.05. The van der Waals surface area contributed by atoms with Crippen molar-refractivity contribution in [2.75, 3.05) is 12.4 Å². The molecule has 0 saturated heterocycles. The predicted octanol–water partition coefficient (Wildman–Crippen LogP) is 6.65. The van der Waals surface area contributed by atoms with E-state index in [0.29, 0.717) is 5.88 Å². The van der Waals surface area contributed by atoms with Crippen LogP contribution in [0.5, 0.6) is 5.88 Å². The highest BCUT2D eigenvalue weighted by molar-refractivity contribution is 5.84. The number of rotatable bonds is 5. The van der Waals surface area contributed by atoms with Crippen LogP contribution in [0.25, 0.3) is 28.1 Å². The second-order valence-electron chi connectivity index (χ2n) is 9.41. The van der Waals surface area contributed by atoms with Gasteiger partial charge in [-0.05, 0) is 67.4 Å². The number of aromatic nitrogens is 3. The summed E-state index contributed by atoms with van der Waals surface area (Å²) in [4.78, 5) is 14.5. The van der Waals surface area contributed by atoms with Crippen molar-refractivity contribution in [2.45, 2.75) is 38.1 Å². The molecule has 6 rings (SSSR count). The minimum absolute atomic E-state index is 0.264. The van der Waals surface area contributed by atoms with Gasteiger partial charge in [-0.3, -0.25) is 4.99 Å². The SMILES string of the molecule is COc1ccc(Nc2cc3nc4ccccc4n(-c4ccc(F)cc4)c-3c/c2=N\C2CCCCC2)cn1. The van der Waals surface area contributed by atoms with Crippen molar-refractivity contribution < 1.29 is 9.13 Å². The van der Waals surface area contributed by atoms with Gasteiger partial charge in [-0.15, -0.1) is 0 Å². The van der Waals surface area contributed by atoms with E-state index in [2.05, 4.69) is 20.9 Å². The smallest absolute Gasteiger partial charge is 0.213 e. The molecule has 0 bridgehead atoms. The number of pyridine rings is 1. The molecule has 1 fully saturated rings. The normalized spacial score (nSPS) is 14.8. The van der Waals surface area contributed by atoms with Crippen LogP contribution in [0.4, 0.5) is 15.8 Å². The van der Waals surface area contributed by atoms with Crippen LogP contribution in [0.2, 0.25) is 0 Å². The maximum absolute atomic E-state index is 13.8. The highest BCUT2D eigenvalue weighted by Gasteiger charge is 2.18. The molecule has 0 unspecified atom stereocenters. The van der Waals surface area contributed by atoms with E-state index >= 15 is 0 Å². The molecule has 2 heterocycles. The fourth-order valence-corrected chi connectivity index (χ4v) is 5.05. The molecule has 1 aromatic heterocycles. The molecule has 1 saturated carbocycles. The summed E-state index contributed by atoms with van der Waals surface area (Å²) < 4.78 is 21.2. The van der Waals surface area contributed by atoms with Crippen LogP contribution in [0.15, 0.2) is 84.0 Å². The highest BCUT2D eigenvalue weighted by atomic mass is 19.1. The summed E-state index contributed by atoms with van der Waals surface area (Å²) in [7, 11) is 1.60. The maximum atomic E-state index is 13.8. The zero-order valence-electron chi connectivity index (χ0n) is 20.7. The van der Waals surface area contributed by atoms with E-state index in [9.17, 15) is 4.39 Å². The quantitative estimate of drug-likeness (QED) is 0.279. The Morgan fingerprint density at radius 1 is 0.973 bits per heavy atom. The molecule has 0 amide bonds. The number of nitrogens with zero attached hydrogens (tertiary/aromatic N) is 4. The summed E-state index contributed by atoms with van der Waals surface area (Å²) in [5.74, 6) is 0.296. The summed E-state index contributed by atoms with van der Waals surface area (Å²) in [6.07, 6.45) is 7.61. The highest BCUT2D eigenvalue weighted by Crippen LogP contribution is 2.31. The molecule has 6 nitrogen and oxygen atoms in total. The van der Waals surface area contributed by atoms with Gasteiger partial charge in [0.05, 0.1) is 58.5 Å². The third-order valence-corrected chi connectivity index (χ3v) is 6.90. The number of methoxy groups -OCH3 is 1. The first-order chi connectivity index (χ1) is 18.2. The van der Waals surface area contributed by atoms with Crippen molar-refractivity contribution in [3.8, 4) is 23.0 Å². The van der Waals surface area contributed by atoms with Crippen molar-refractivity contribution in [3.63, 3.8) is 0 Å². The molecule has 1 N–H and O–H groups in total. The summed E-state index contributed by atoms with van der Waals surface area (Å²) in [6, 6.07) is 22.8.